The number of primary amides is 1. The summed E-state index contributed by atoms with van der Waals surface area (Å²) >= 11 is 0. The van der Waals surface area contributed by atoms with E-state index >= 15 is 0 Å². The van der Waals surface area contributed by atoms with Crippen molar-refractivity contribution in [2.45, 2.75) is 33.2 Å². The highest BCUT2D eigenvalue weighted by atomic mass is 16.2. The number of anilines is 1. The molecule has 0 saturated heterocycles. The van der Waals surface area contributed by atoms with E-state index < -0.39 is 5.91 Å². The molecule has 18 heavy (non-hydrogen) atoms. The zero-order valence-electron chi connectivity index (χ0n) is 10.9. The topological polar surface area (TPSA) is 84.2 Å². The molecule has 0 heterocycles. The molecule has 4 N–H and O–H groups in total. The molecule has 0 aliphatic carbocycles. The molecular weight excluding hydrogens is 230 g/mol. The Bertz CT molecular complexity index is 458. The van der Waals surface area contributed by atoms with Crippen LogP contribution < -0.4 is 16.4 Å². The zero-order valence-corrected chi connectivity index (χ0v) is 10.9. The molecule has 1 aromatic carbocycles. The predicted molar refractivity (Wildman–Crippen MR) is 71.6 cm³/mol. The van der Waals surface area contributed by atoms with E-state index in [0.717, 1.165) is 6.42 Å². The second-order valence-electron chi connectivity index (χ2n) is 4.25. The summed E-state index contributed by atoms with van der Waals surface area (Å²) in [6.45, 7) is 5.66. The summed E-state index contributed by atoms with van der Waals surface area (Å²) in [5, 5.41) is 5.50. The van der Waals surface area contributed by atoms with Gasteiger partial charge in [-0.15, -0.1) is 0 Å². The van der Waals surface area contributed by atoms with Crippen molar-refractivity contribution in [2.24, 2.45) is 5.73 Å². The van der Waals surface area contributed by atoms with Crippen molar-refractivity contribution in [1.82, 2.24) is 5.32 Å². The molecule has 0 fully saturated rings. The summed E-state index contributed by atoms with van der Waals surface area (Å²) in [5.74, 6) is -0.501. The van der Waals surface area contributed by atoms with Gasteiger partial charge < -0.3 is 16.4 Å². The molecule has 0 aromatic heterocycles. The number of urea groups is 1. The van der Waals surface area contributed by atoms with E-state index in [1.807, 2.05) is 13.8 Å². The van der Waals surface area contributed by atoms with Crippen LogP contribution >= 0.6 is 0 Å². The Kier molecular flexibility index (Phi) is 4.71. The summed E-state index contributed by atoms with van der Waals surface area (Å²) in [7, 11) is 0. The first-order chi connectivity index (χ1) is 8.45. The molecule has 3 amide bonds. The third-order valence-corrected chi connectivity index (χ3v) is 2.84. The van der Waals surface area contributed by atoms with Crippen molar-refractivity contribution in [1.29, 1.82) is 0 Å². The lowest BCUT2D eigenvalue weighted by molar-refractivity contribution is 0.0999. The first-order valence-electron chi connectivity index (χ1n) is 5.92. The van der Waals surface area contributed by atoms with Gasteiger partial charge in [0.15, 0.2) is 0 Å². The molecule has 5 nitrogen and oxygen atoms in total. The van der Waals surface area contributed by atoms with Gasteiger partial charge in [-0.05, 0) is 38.0 Å². The summed E-state index contributed by atoms with van der Waals surface area (Å²) in [6, 6.07) is 4.87. The molecule has 0 unspecified atom stereocenters. The van der Waals surface area contributed by atoms with Crippen molar-refractivity contribution in [3.63, 3.8) is 0 Å². The third-order valence-electron chi connectivity index (χ3n) is 2.84. The van der Waals surface area contributed by atoms with E-state index in [-0.39, 0.29) is 12.1 Å². The van der Waals surface area contributed by atoms with E-state index in [4.69, 9.17) is 5.73 Å². The normalized spacial score (nSPS) is 11.7. The van der Waals surface area contributed by atoms with Gasteiger partial charge in [-0.2, -0.15) is 0 Å². The highest BCUT2D eigenvalue weighted by molar-refractivity contribution is 5.98. The van der Waals surface area contributed by atoms with Gasteiger partial charge in [0.25, 0.3) is 0 Å². The number of amides is 3. The van der Waals surface area contributed by atoms with Gasteiger partial charge >= 0.3 is 6.03 Å². The van der Waals surface area contributed by atoms with Crippen LogP contribution in [0.5, 0.6) is 0 Å². The Morgan fingerprint density at radius 3 is 2.61 bits per heavy atom. The summed E-state index contributed by atoms with van der Waals surface area (Å²) in [6.07, 6.45) is 0.855. The van der Waals surface area contributed by atoms with Crippen LogP contribution in [0.1, 0.15) is 36.2 Å². The minimum atomic E-state index is -0.501. The van der Waals surface area contributed by atoms with E-state index in [1.165, 1.54) is 0 Å². The van der Waals surface area contributed by atoms with Crippen LogP contribution in [-0.4, -0.2) is 18.0 Å². The monoisotopic (exact) mass is 249 g/mol. The number of nitrogens with two attached hydrogens (primary N) is 1. The fourth-order valence-corrected chi connectivity index (χ4v) is 1.52. The number of rotatable bonds is 4. The van der Waals surface area contributed by atoms with Crippen molar-refractivity contribution >= 4 is 17.6 Å². The molecule has 0 spiro atoms. The van der Waals surface area contributed by atoms with Crippen molar-refractivity contribution in [2.75, 3.05) is 5.32 Å². The van der Waals surface area contributed by atoms with Crippen LogP contribution in [0, 0.1) is 6.92 Å². The molecule has 1 atom stereocenters. The average molecular weight is 249 g/mol. The Morgan fingerprint density at radius 1 is 1.39 bits per heavy atom. The van der Waals surface area contributed by atoms with E-state index in [0.29, 0.717) is 16.8 Å². The van der Waals surface area contributed by atoms with Crippen molar-refractivity contribution < 1.29 is 9.59 Å². The number of benzene rings is 1. The number of hydrogen-bond acceptors (Lipinski definition) is 2. The first kappa shape index (κ1) is 14.0. The number of nitrogens with one attached hydrogen (secondary N) is 2. The van der Waals surface area contributed by atoms with Gasteiger partial charge in [0.2, 0.25) is 5.91 Å². The average Bonchev–Trinajstić information content (AvgIpc) is 2.31. The van der Waals surface area contributed by atoms with Crippen LogP contribution in [0.2, 0.25) is 0 Å². The predicted octanol–water partition coefficient (Wildman–Crippen LogP) is 2.01. The maximum atomic E-state index is 11.7. The van der Waals surface area contributed by atoms with E-state index in [1.54, 1.807) is 25.1 Å². The molecule has 1 rings (SSSR count). The molecule has 0 aliphatic heterocycles. The number of carbonyl (C=O) groups excluding carboxylic acids is 2. The Morgan fingerprint density at radius 2 is 2.06 bits per heavy atom. The Hall–Kier alpha value is -2.04. The second-order valence-corrected chi connectivity index (χ2v) is 4.25. The minimum absolute atomic E-state index is 0.102. The fraction of sp³-hybridized carbons (Fsp3) is 0.385. The van der Waals surface area contributed by atoms with E-state index in [9.17, 15) is 9.59 Å². The highest BCUT2D eigenvalue weighted by Crippen LogP contribution is 2.18. The summed E-state index contributed by atoms with van der Waals surface area (Å²) in [5.41, 5.74) is 6.92. The van der Waals surface area contributed by atoms with Crippen LogP contribution in [0.25, 0.3) is 0 Å². The summed E-state index contributed by atoms with van der Waals surface area (Å²) < 4.78 is 0. The quantitative estimate of drug-likeness (QED) is 0.762. The fourth-order valence-electron chi connectivity index (χ4n) is 1.52. The van der Waals surface area contributed by atoms with Gasteiger partial charge in [0.05, 0.1) is 0 Å². The Balaban J connectivity index is 2.82. The molecule has 0 bridgehead atoms. The second kappa shape index (κ2) is 6.05. The maximum Gasteiger partial charge on any atom is 0.319 e. The molecule has 0 saturated carbocycles. The van der Waals surface area contributed by atoms with Crippen molar-refractivity contribution in [3.8, 4) is 0 Å². The standard InChI is InChI=1S/C13H19N3O2/c1-4-8(2)15-13(18)16-11-7-5-6-10(9(11)3)12(14)17/h5-8H,4H2,1-3H3,(H2,14,17)(H2,15,16,18)/t8-/m1/s1. The third kappa shape index (κ3) is 3.48. The maximum absolute atomic E-state index is 11.7. The molecular formula is C13H19N3O2. The number of hydrogen-bond donors (Lipinski definition) is 3. The van der Waals surface area contributed by atoms with Gasteiger partial charge in [0.1, 0.15) is 0 Å². The van der Waals surface area contributed by atoms with Gasteiger partial charge in [-0.3, -0.25) is 4.79 Å². The van der Waals surface area contributed by atoms with Crippen LogP contribution in [-0.2, 0) is 0 Å². The Labute approximate surface area is 107 Å². The van der Waals surface area contributed by atoms with E-state index in [2.05, 4.69) is 10.6 Å². The lowest BCUT2D eigenvalue weighted by Crippen LogP contribution is -2.35. The van der Waals surface area contributed by atoms with Crippen molar-refractivity contribution in [3.05, 3.63) is 29.3 Å². The lowest BCUT2D eigenvalue weighted by Gasteiger charge is -2.14. The SMILES string of the molecule is CC[C@@H](C)NC(=O)Nc1cccc(C(N)=O)c1C. The zero-order chi connectivity index (χ0) is 13.7. The molecule has 0 aliphatic rings. The first-order valence-corrected chi connectivity index (χ1v) is 5.92. The van der Waals surface area contributed by atoms with Gasteiger partial charge in [-0.25, -0.2) is 4.79 Å². The molecule has 0 radical (unpaired) electrons. The lowest BCUT2D eigenvalue weighted by atomic mass is 10.1. The smallest absolute Gasteiger partial charge is 0.319 e. The highest BCUT2D eigenvalue weighted by Gasteiger charge is 2.11. The van der Waals surface area contributed by atoms with Crippen LogP contribution in [0.4, 0.5) is 10.5 Å². The van der Waals surface area contributed by atoms with Gasteiger partial charge in [0, 0.05) is 17.3 Å². The summed E-state index contributed by atoms with van der Waals surface area (Å²) in [4.78, 5) is 22.9. The molecule has 98 valence electrons. The van der Waals surface area contributed by atoms with Crippen LogP contribution in [0.15, 0.2) is 18.2 Å². The largest absolute Gasteiger partial charge is 0.366 e. The molecule has 1 aromatic rings. The number of carbonyl (C=O) groups is 2. The van der Waals surface area contributed by atoms with Gasteiger partial charge in [-0.1, -0.05) is 13.0 Å². The minimum Gasteiger partial charge on any atom is -0.366 e. The van der Waals surface area contributed by atoms with Crippen LogP contribution in [0.3, 0.4) is 0 Å². The molecule has 5 heteroatoms.